The highest BCUT2D eigenvalue weighted by Crippen LogP contribution is 2.29. The number of anilines is 1. The van der Waals surface area contributed by atoms with E-state index in [1.165, 1.54) is 20.5 Å². The van der Waals surface area contributed by atoms with Crippen LogP contribution in [0.5, 0.6) is 0 Å². The number of hydrogen-bond donors (Lipinski definition) is 1. The number of benzene rings is 1. The first-order chi connectivity index (χ1) is 16.0. The molecule has 170 valence electrons. The number of rotatable bonds is 6. The third kappa shape index (κ3) is 4.21. The highest BCUT2D eigenvalue weighted by atomic mass is 32.2. The first-order valence-corrected chi connectivity index (χ1v) is 12.7. The van der Waals surface area contributed by atoms with Gasteiger partial charge in [0.2, 0.25) is 5.91 Å². The molecule has 1 fully saturated rings. The lowest BCUT2D eigenvalue weighted by Gasteiger charge is -2.15. The van der Waals surface area contributed by atoms with Gasteiger partial charge in [0.05, 0.1) is 18.2 Å². The minimum absolute atomic E-state index is 0.173. The number of nitrogens with zero attached hydrogens (tertiary/aromatic N) is 3. The summed E-state index contributed by atoms with van der Waals surface area (Å²) in [6.45, 7) is 0.582. The Labute approximate surface area is 197 Å². The van der Waals surface area contributed by atoms with Crippen LogP contribution in [-0.2, 0) is 22.6 Å². The second-order valence-electron chi connectivity index (χ2n) is 7.84. The van der Waals surface area contributed by atoms with Crippen molar-refractivity contribution in [1.82, 2.24) is 14.1 Å². The maximum atomic E-state index is 13.5. The molecule has 4 heterocycles. The zero-order valence-corrected chi connectivity index (χ0v) is 19.6. The standard InChI is InChI=1S/C23H22N4O4S2/c1-32-16-7-2-5-14(11-16)25-18(28)13-26-19-17-8-3-9-24-21(17)33-20(19)22(29)27(23(26)30)12-15-6-4-10-31-15/h2-3,5,7-9,11,15H,4,6,10,12-13H2,1H3,(H,25,28)/t15-/m1/s1. The SMILES string of the molecule is CSc1cccc(NC(=O)Cn2c(=O)n(C[C@H]3CCCO3)c(=O)c3sc4ncccc4c32)c1. The second-order valence-corrected chi connectivity index (χ2v) is 9.71. The van der Waals surface area contributed by atoms with Crippen molar-refractivity contribution in [3.8, 4) is 0 Å². The van der Waals surface area contributed by atoms with Gasteiger partial charge in [0, 0.05) is 28.8 Å². The van der Waals surface area contributed by atoms with E-state index < -0.39 is 5.69 Å². The average molecular weight is 483 g/mol. The van der Waals surface area contributed by atoms with Crippen LogP contribution in [0.4, 0.5) is 5.69 Å². The van der Waals surface area contributed by atoms with Crippen LogP contribution in [0, 0.1) is 0 Å². The molecule has 0 saturated carbocycles. The summed E-state index contributed by atoms with van der Waals surface area (Å²) >= 11 is 2.82. The van der Waals surface area contributed by atoms with E-state index in [0.29, 0.717) is 32.7 Å². The average Bonchev–Trinajstić information content (AvgIpc) is 3.47. The lowest BCUT2D eigenvalue weighted by molar-refractivity contribution is -0.116. The first-order valence-electron chi connectivity index (χ1n) is 10.6. The normalized spacial score (nSPS) is 16.0. The Morgan fingerprint density at radius 1 is 1.27 bits per heavy atom. The summed E-state index contributed by atoms with van der Waals surface area (Å²) in [6.07, 6.45) is 5.13. The number of hydrogen-bond acceptors (Lipinski definition) is 7. The maximum Gasteiger partial charge on any atom is 0.332 e. The molecule has 4 aromatic rings. The van der Waals surface area contributed by atoms with Crippen molar-refractivity contribution in [3.05, 3.63) is 63.4 Å². The number of ether oxygens (including phenoxy) is 1. The molecule has 1 atom stereocenters. The fourth-order valence-corrected chi connectivity index (χ4v) is 5.68. The number of pyridine rings is 1. The quantitative estimate of drug-likeness (QED) is 0.424. The molecule has 1 aromatic carbocycles. The minimum atomic E-state index is -0.514. The van der Waals surface area contributed by atoms with Gasteiger partial charge in [0.1, 0.15) is 16.1 Å². The first kappa shape index (κ1) is 21.9. The number of thiophene rings is 1. The summed E-state index contributed by atoms with van der Waals surface area (Å²) in [4.78, 5) is 45.8. The Morgan fingerprint density at radius 2 is 2.15 bits per heavy atom. The topological polar surface area (TPSA) is 95.2 Å². The van der Waals surface area contributed by atoms with E-state index in [1.807, 2.05) is 30.5 Å². The molecule has 10 heteroatoms. The molecule has 1 N–H and O–H groups in total. The molecule has 0 bridgehead atoms. The van der Waals surface area contributed by atoms with Gasteiger partial charge in [-0.05, 0) is 49.4 Å². The van der Waals surface area contributed by atoms with Crippen molar-refractivity contribution in [1.29, 1.82) is 0 Å². The van der Waals surface area contributed by atoms with E-state index in [0.717, 1.165) is 17.7 Å². The molecule has 1 amide bonds. The number of carbonyl (C=O) groups is 1. The summed E-state index contributed by atoms with van der Waals surface area (Å²) in [7, 11) is 0. The second kappa shape index (κ2) is 9.12. The van der Waals surface area contributed by atoms with Crippen molar-refractivity contribution in [2.45, 2.75) is 36.9 Å². The third-order valence-corrected chi connectivity index (χ3v) is 7.49. The van der Waals surface area contributed by atoms with Crippen LogP contribution in [0.25, 0.3) is 20.4 Å². The molecular weight excluding hydrogens is 460 g/mol. The number of nitrogens with one attached hydrogen (secondary N) is 1. The molecule has 8 nitrogen and oxygen atoms in total. The predicted octanol–water partition coefficient (Wildman–Crippen LogP) is 3.31. The van der Waals surface area contributed by atoms with Crippen LogP contribution in [0.15, 0.2) is 57.1 Å². The highest BCUT2D eigenvalue weighted by Gasteiger charge is 2.24. The molecule has 1 aliphatic rings. The highest BCUT2D eigenvalue weighted by molar-refractivity contribution is 7.98. The van der Waals surface area contributed by atoms with E-state index in [-0.39, 0.29) is 30.7 Å². The third-order valence-electron chi connectivity index (χ3n) is 5.68. The number of fused-ring (bicyclic) bond motifs is 3. The van der Waals surface area contributed by atoms with Crippen molar-refractivity contribution in [2.24, 2.45) is 0 Å². The maximum absolute atomic E-state index is 13.5. The largest absolute Gasteiger partial charge is 0.376 e. The summed E-state index contributed by atoms with van der Waals surface area (Å²) in [5, 5.41) is 3.56. The Morgan fingerprint density at radius 3 is 2.94 bits per heavy atom. The van der Waals surface area contributed by atoms with Crippen LogP contribution in [0.2, 0.25) is 0 Å². The molecule has 0 radical (unpaired) electrons. The molecule has 1 aliphatic heterocycles. The smallest absolute Gasteiger partial charge is 0.332 e. The lowest BCUT2D eigenvalue weighted by Crippen LogP contribution is -2.43. The van der Waals surface area contributed by atoms with Crippen LogP contribution >= 0.6 is 23.1 Å². The van der Waals surface area contributed by atoms with E-state index >= 15 is 0 Å². The molecule has 0 spiro atoms. The Balaban J connectivity index is 1.60. The van der Waals surface area contributed by atoms with Gasteiger partial charge in [-0.1, -0.05) is 6.07 Å². The van der Waals surface area contributed by atoms with Crippen molar-refractivity contribution >= 4 is 55.1 Å². The zero-order chi connectivity index (χ0) is 22.9. The minimum Gasteiger partial charge on any atom is -0.376 e. The van der Waals surface area contributed by atoms with Crippen LogP contribution < -0.4 is 16.6 Å². The Bertz CT molecular complexity index is 1470. The molecular formula is C23H22N4O4S2. The van der Waals surface area contributed by atoms with E-state index in [9.17, 15) is 14.4 Å². The molecule has 1 saturated heterocycles. The number of aromatic nitrogens is 3. The summed E-state index contributed by atoms with van der Waals surface area (Å²) in [6, 6.07) is 11.1. The zero-order valence-electron chi connectivity index (χ0n) is 17.9. The van der Waals surface area contributed by atoms with Crippen molar-refractivity contribution in [3.63, 3.8) is 0 Å². The van der Waals surface area contributed by atoms with Crippen LogP contribution in [0.3, 0.4) is 0 Å². The lowest BCUT2D eigenvalue weighted by atomic mass is 10.2. The van der Waals surface area contributed by atoms with Crippen molar-refractivity contribution < 1.29 is 9.53 Å². The summed E-state index contributed by atoms with van der Waals surface area (Å²) in [5.74, 6) is -0.345. The summed E-state index contributed by atoms with van der Waals surface area (Å²) in [5.41, 5.74) is 0.229. The van der Waals surface area contributed by atoms with Gasteiger partial charge in [0.25, 0.3) is 5.56 Å². The van der Waals surface area contributed by atoms with Gasteiger partial charge in [-0.3, -0.25) is 18.7 Å². The number of thioether (sulfide) groups is 1. The van der Waals surface area contributed by atoms with Gasteiger partial charge in [0.15, 0.2) is 0 Å². The van der Waals surface area contributed by atoms with Gasteiger partial charge in [-0.2, -0.15) is 0 Å². The van der Waals surface area contributed by atoms with E-state index in [1.54, 1.807) is 30.1 Å². The molecule has 3 aromatic heterocycles. The molecule has 33 heavy (non-hydrogen) atoms. The van der Waals surface area contributed by atoms with E-state index in [4.69, 9.17) is 4.74 Å². The number of carbonyl (C=O) groups excluding carboxylic acids is 1. The van der Waals surface area contributed by atoms with Gasteiger partial charge < -0.3 is 10.1 Å². The Hall–Kier alpha value is -2.95. The number of amides is 1. The fraction of sp³-hybridized carbons (Fsp3) is 0.304. The molecule has 5 rings (SSSR count). The fourth-order valence-electron chi connectivity index (χ4n) is 4.13. The monoisotopic (exact) mass is 482 g/mol. The van der Waals surface area contributed by atoms with Crippen LogP contribution in [0.1, 0.15) is 12.8 Å². The molecule has 0 aliphatic carbocycles. The van der Waals surface area contributed by atoms with Gasteiger partial charge in [-0.15, -0.1) is 23.1 Å². The summed E-state index contributed by atoms with van der Waals surface area (Å²) < 4.78 is 8.67. The molecule has 0 unspecified atom stereocenters. The van der Waals surface area contributed by atoms with E-state index in [2.05, 4.69) is 10.3 Å². The van der Waals surface area contributed by atoms with Gasteiger partial charge >= 0.3 is 5.69 Å². The predicted molar refractivity (Wildman–Crippen MR) is 131 cm³/mol. The Kier molecular flexibility index (Phi) is 6.05. The van der Waals surface area contributed by atoms with Crippen molar-refractivity contribution in [2.75, 3.05) is 18.2 Å². The van der Waals surface area contributed by atoms with Crippen LogP contribution in [-0.4, -0.2) is 39.0 Å². The van der Waals surface area contributed by atoms with Gasteiger partial charge in [-0.25, -0.2) is 9.78 Å².